The molecule has 0 spiro atoms. The van der Waals surface area contributed by atoms with Gasteiger partial charge in [0.1, 0.15) is 0 Å². The van der Waals surface area contributed by atoms with Gasteiger partial charge in [0.2, 0.25) is 0 Å². The molecule has 0 aliphatic carbocycles. The molecule has 108 valence electrons. The predicted octanol–water partition coefficient (Wildman–Crippen LogP) is 1.73. The average molecular weight is 286 g/mol. The number of thioether (sulfide) groups is 1. The number of likely N-dealkylation sites (tertiary alicyclic amines) is 1. The Kier molecular flexibility index (Phi) is 4.96. The van der Waals surface area contributed by atoms with E-state index in [1.54, 1.807) is 0 Å². The van der Waals surface area contributed by atoms with Gasteiger partial charge in [-0.25, -0.2) is 4.79 Å². The van der Waals surface area contributed by atoms with Crippen LogP contribution >= 0.6 is 11.8 Å². The fraction of sp³-hybridized carbons (Fsp3) is 0.846. The maximum absolute atomic E-state index is 12.4. The Hall–Kier alpha value is -0.910. The highest BCUT2D eigenvalue weighted by molar-refractivity contribution is 7.99. The Labute approximate surface area is 118 Å². The number of piperidine rings is 1. The number of hydrogen-bond donors (Lipinski definition) is 1. The molecule has 1 atom stereocenters. The molecule has 2 heterocycles. The summed E-state index contributed by atoms with van der Waals surface area (Å²) in [5, 5.41) is 8.79. The second-order valence-corrected chi connectivity index (χ2v) is 6.58. The lowest BCUT2D eigenvalue weighted by atomic mass is 9.94. The first kappa shape index (κ1) is 14.5. The summed E-state index contributed by atoms with van der Waals surface area (Å²) < 4.78 is 0. The van der Waals surface area contributed by atoms with Crippen LogP contribution < -0.4 is 0 Å². The topological polar surface area (TPSA) is 60.9 Å². The third-order valence-corrected chi connectivity index (χ3v) is 5.15. The summed E-state index contributed by atoms with van der Waals surface area (Å²) in [6, 6.07) is 0.449. The zero-order chi connectivity index (χ0) is 13.8. The van der Waals surface area contributed by atoms with E-state index in [0.29, 0.717) is 19.1 Å². The molecule has 6 heteroatoms. The molecule has 0 bridgehead atoms. The molecule has 0 aromatic heterocycles. The lowest BCUT2D eigenvalue weighted by molar-refractivity contribution is -0.138. The summed E-state index contributed by atoms with van der Waals surface area (Å²) in [6.45, 7) is 4.33. The van der Waals surface area contributed by atoms with Crippen molar-refractivity contribution in [2.24, 2.45) is 5.92 Å². The first-order valence-electron chi connectivity index (χ1n) is 6.93. The molecule has 2 amide bonds. The van der Waals surface area contributed by atoms with Gasteiger partial charge in [-0.2, -0.15) is 11.8 Å². The van der Waals surface area contributed by atoms with Gasteiger partial charge < -0.3 is 14.9 Å². The van der Waals surface area contributed by atoms with Gasteiger partial charge in [0.05, 0.1) is 0 Å². The van der Waals surface area contributed by atoms with Crippen molar-refractivity contribution in [1.29, 1.82) is 0 Å². The number of carboxylic acid groups (broad SMARTS) is 1. The van der Waals surface area contributed by atoms with Gasteiger partial charge in [-0.1, -0.05) is 0 Å². The molecule has 1 unspecified atom stereocenters. The Morgan fingerprint density at radius 3 is 2.53 bits per heavy atom. The number of carbonyl (C=O) groups is 2. The largest absolute Gasteiger partial charge is 0.481 e. The molecule has 0 aromatic carbocycles. The van der Waals surface area contributed by atoms with Crippen molar-refractivity contribution in [2.75, 3.05) is 31.1 Å². The van der Waals surface area contributed by atoms with Crippen LogP contribution in [0.4, 0.5) is 4.79 Å². The van der Waals surface area contributed by atoms with Crippen molar-refractivity contribution in [3.05, 3.63) is 0 Å². The van der Waals surface area contributed by atoms with Gasteiger partial charge in [-0.3, -0.25) is 4.79 Å². The molecular formula is C13H22N2O3S. The fourth-order valence-corrected chi connectivity index (χ4v) is 3.78. The monoisotopic (exact) mass is 286 g/mol. The summed E-state index contributed by atoms with van der Waals surface area (Å²) in [7, 11) is 0. The third kappa shape index (κ3) is 3.78. The molecule has 0 aromatic rings. The van der Waals surface area contributed by atoms with Crippen molar-refractivity contribution in [2.45, 2.75) is 32.2 Å². The minimum absolute atomic E-state index is 0.140. The number of rotatable bonds is 2. The van der Waals surface area contributed by atoms with E-state index in [1.807, 2.05) is 21.6 Å². The average Bonchev–Trinajstić information content (AvgIpc) is 2.39. The van der Waals surface area contributed by atoms with E-state index < -0.39 is 5.97 Å². The first-order chi connectivity index (χ1) is 9.08. The van der Waals surface area contributed by atoms with Crippen LogP contribution in [0.25, 0.3) is 0 Å². The van der Waals surface area contributed by atoms with Crippen LogP contribution in [0.3, 0.4) is 0 Å². The number of urea groups is 1. The van der Waals surface area contributed by atoms with Gasteiger partial charge in [0.25, 0.3) is 0 Å². The highest BCUT2D eigenvalue weighted by Gasteiger charge is 2.30. The molecule has 2 fully saturated rings. The molecule has 0 saturated carbocycles. The molecule has 19 heavy (non-hydrogen) atoms. The van der Waals surface area contributed by atoms with Crippen LogP contribution in [0.5, 0.6) is 0 Å². The van der Waals surface area contributed by atoms with Crippen LogP contribution in [-0.2, 0) is 4.79 Å². The molecule has 0 radical (unpaired) electrons. The number of carbonyl (C=O) groups excluding carboxylic acids is 1. The van der Waals surface area contributed by atoms with E-state index in [1.165, 1.54) is 0 Å². The zero-order valence-corrected chi connectivity index (χ0v) is 12.2. The normalized spacial score (nSPS) is 25.4. The lowest BCUT2D eigenvalue weighted by Crippen LogP contribution is -2.52. The Morgan fingerprint density at radius 2 is 1.95 bits per heavy atom. The minimum Gasteiger partial charge on any atom is -0.481 e. The summed E-state index contributed by atoms with van der Waals surface area (Å²) in [6.07, 6.45) is 1.86. The quantitative estimate of drug-likeness (QED) is 0.840. The van der Waals surface area contributed by atoms with Crippen molar-refractivity contribution < 1.29 is 14.7 Å². The molecular weight excluding hydrogens is 264 g/mol. The molecule has 2 rings (SSSR count). The third-order valence-electron chi connectivity index (χ3n) is 3.96. The Morgan fingerprint density at radius 1 is 1.26 bits per heavy atom. The molecule has 2 aliphatic rings. The number of aliphatic carboxylic acids is 1. The SMILES string of the molecule is CC1CSCCN1C(=O)N1CCC(CC(=O)O)CC1. The fourth-order valence-electron chi connectivity index (χ4n) is 2.77. The molecule has 1 N–H and O–H groups in total. The lowest BCUT2D eigenvalue weighted by Gasteiger charge is -2.39. The minimum atomic E-state index is -0.730. The van der Waals surface area contributed by atoms with Crippen LogP contribution in [0.15, 0.2) is 0 Å². The summed E-state index contributed by atoms with van der Waals surface area (Å²) in [4.78, 5) is 27.0. The smallest absolute Gasteiger partial charge is 0.320 e. The standard InChI is InChI=1S/C13H22N2O3S/c1-10-9-19-7-6-15(10)13(18)14-4-2-11(3-5-14)8-12(16)17/h10-11H,2-9H2,1H3,(H,16,17). The maximum Gasteiger partial charge on any atom is 0.320 e. The van der Waals surface area contributed by atoms with Gasteiger partial charge >= 0.3 is 12.0 Å². The van der Waals surface area contributed by atoms with Crippen LogP contribution in [0, 0.1) is 5.92 Å². The van der Waals surface area contributed by atoms with E-state index in [4.69, 9.17) is 5.11 Å². The van der Waals surface area contributed by atoms with Crippen LogP contribution in [-0.4, -0.2) is 64.1 Å². The van der Waals surface area contributed by atoms with E-state index in [0.717, 1.165) is 30.9 Å². The van der Waals surface area contributed by atoms with Crippen molar-refractivity contribution in [3.63, 3.8) is 0 Å². The van der Waals surface area contributed by atoms with Crippen molar-refractivity contribution in [1.82, 2.24) is 9.80 Å². The number of carboxylic acids is 1. The Balaban J connectivity index is 1.83. The number of hydrogen-bond acceptors (Lipinski definition) is 3. The molecule has 2 saturated heterocycles. The highest BCUT2D eigenvalue weighted by atomic mass is 32.2. The zero-order valence-electron chi connectivity index (χ0n) is 11.4. The second kappa shape index (κ2) is 6.50. The Bertz CT molecular complexity index is 343. The predicted molar refractivity (Wildman–Crippen MR) is 75.4 cm³/mol. The maximum atomic E-state index is 12.4. The van der Waals surface area contributed by atoms with Crippen molar-refractivity contribution >= 4 is 23.8 Å². The highest BCUT2D eigenvalue weighted by Crippen LogP contribution is 2.23. The van der Waals surface area contributed by atoms with Crippen molar-refractivity contribution in [3.8, 4) is 0 Å². The van der Waals surface area contributed by atoms with E-state index in [2.05, 4.69) is 6.92 Å². The summed E-state index contributed by atoms with van der Waals surface area (Å²) >= 11 is 1.90. The molecule has 5 nitrogen and oxygen atoms in total. The summed E-state index contributed by atoms with van der Waals surface area (Å²) in [5.41, 5.74) is 0. The van der Waals surface area contributed by atoms with Gasteiger partial charge in [-0.05, 0) is 25.7 Å². The van der Waals surface area contributed by atoms with Gasteiger partial charge in [0.15, 0.2) is 0 Å². The summed E-state index contributed by atoms with van der Waals surface area (Å²) in [5.74, 6) is 1.54. The molecule has 2 aliphatic heterocycles. The van der Waals surface area contributed by atoms with E-state index >= 15 is 0 Å². The van der Waals surface area contributed by atoms with E-state index in [-0.39, 0.29) is 18.4 Å². The van der Waals surface area contributed by atoms with Crippen LogP contribution in [0.1, 0.15) is 26.2 Å². The van der Waals surface area contributed by atoms with Gasteiger partial charge in [0, 0.05) is 43.6 Å². The number of amides is 2. The number of nitrogens with zero attached hydrogens (tertiary/aromatic N) is 2. The van der Waals surface area contributed by atoms with E-state index in [9.17, 15) is 9.59 Å². The van der Waals surface area contributed by atoms with Crippen LogP contribution in [0.2, 0.25) is 0 Å². The van der Waals surface area contributed by atoms with Gasteiger partial charge in [-0.15, -0.1) is 0 Å². The second-order valence-electron chi connectivity index (χ2n) is 5.43. The first-order valence-corrected chi connectivity index (χ1v) is 8.08.